The Morgan fingerprint density at radius 2 is 1.85 bits per heavy atom. The number of rotatable bonds is 5. The zero-order valence-corrected chi connectivity index (χ0v) is 16.8. The van der Waals surface area contributed by atoms with Crippen molar-refractivity contribution in [1.82, 2.24) is 9.80 Å². The number of likely N-dealkylation sites (N-methyl/N-ethyl adjacent to an activating group) is 1. The fourth-order valence-corrected chi connectivity index (χ4v) is 4.93. The lowest BCUT2D eigenvalue weighted by atomic mass is 10.0. The van der Waals surface area contributed by atoms with Gasteiger partial charge < -0.3 is 9.80 Å². The Kier molecular flexibility index (Phi) is 6.02. The lowest BCUT2D eigenvalue weighted by Gasteiger charge is -2.41. The number of piperazine rings is 1. The second-order valence-corrected chi connectivity index (χ2v) is 9.58. The summed E-state index contributed by atoms with van der Waals surface area (Å²) in [6, 6.07) is 4.72. The summed E-state index contributed by atoms with van der Waals surface area (Å²) in [5, 5.41) is 11.0. The fourth-order valence-electron chi connectivity index (χ4n) is 4.02. The molecule has 0 bridgehead atoms. The number of nitro benzene ring substituents is 1. The van der Waals surface area contributed by atoms with E-state index in [1.165, 1.54) is 31.4 Å². The molecule has 9 heteroatoms. The molecule has 1 atom stereocenters. The average molecular weight is 397 g/mol. The van der Waals surface area contributed by atoms with E-state index in [1.54, 1.807) is 6.07 Å². The standard InChI is InChI=1S/C18H28N4O4S/c1-19-8-4-3-5-16(19)14-20-9-11-21(12-10-20)17-7-6-15(22(23)24)13-18(17)27(2,25)26/h6-7,13,16H,3-5,8-12,14H2,1-2H3. The maximum Gasteiger partial charge on any atom is 0.270 e. The molecule has 1 aromatic carbocycles. The molecule has 0 spiro atoms. The summed E-state index contributed by atoms with van der Waals surface area (Å²) >= 11 is 0. The van der Waals surface area contributed by atoms with Crippen LogP contribution in [-0.2, 0) is 9.84 Å². The van der Waals surface area contributed by atoms with Crippen molar-refractivity contribution in [1.29, 1.82) is 0 Å². The largest absolute Gasteiger partial charge is 0.368 e. The number of hydrogen-bond acceptors (Lipinski definition) is 7. The maximum atomic E-state index is 12.2. The molecule has 3 rings (SSSR count). The van der Waals surface area contributed by atoms with Crippen molar-refractivity contribution in [3.63, 3.8) is 0 Å². The van der Waals surface area contributed by atoms with Gasteiger partial charge in [0.25, 0.3) is 5.69 Å². The van der Waals surface area contributed by atoms with E-state index in [2.05, 4.69) is 16.8 Å². The third-order valence-electron chi connectivity index (χ3n) is 5.66. The minimum absolute atomic E-state index is 0.0390. The van der Waals surface area contributed by atoms with Gasteiger partial charge >= 0.3 is 0 Å². The summed E-state index contributed by atoms with van der Waals surface area (Å²) in [7, 11) is -1.36. The van der Waals surface area contributed by atoms with Crippen LogP contribution in [0.15, 0.2) is 23.1 Å². The van der Waals surface area contributed by atoms with Gasteiger partial charge in [-0.15, -0.1) is 0 Å². The van der Waals surface area contributed by atoms with Gasteiger partial charge in [-0.05, 0) is 32.5 Å². The number of piperidine rings is 1. The number of sulfone groups is 1. The van der Waals surface area contributed by atoms with Crippen LogP contribution in [0.25, 0.3) is 0 Å². The molecule has 0 aromatic heterocycles. The van der Waals surface area contributed by atoms with Crippen LogP contribution in [0.1, 0.15) is 19.3 Å². The van der Waals surface area contributed by atoms with E-state index in [1.807, 2.05) is 4.90 Å². The van der Waals surface area contributed by atoms with Gasteiger partial charge in [0.2, 0.25) is 0 Å². The molecule has 1 aromatic rings. The molecule has 0 aliphatic carbocycles. The highest BCUT2D eigenvalue weighted by atomic mass is 32.2. The smallest absolute Gasteiger partial charge is 0.270 e. The number of anilines is 1. The van der Waals surface area contributed by atoms with Gasteiger partial charge in [-0.1, -0.05) is 6.42 Å². The van der Waals surface area contributed by atoms with Gasteiger partial charge in [0.15, 0.2) is 9.84 Å². The molecular weight excluding hydrogens is 368 g/mol. The fraction of sp³-hybridized carbons (Fsp3) is 0.667. The Morgan fingerprint density at radius 3 is 2.44 bits per heavy atom. The van der Waals surface area contributed by atoms with Crippen molar-refractivity contribution in [2.45, 2.75) is 30.2 Å². The number of hydrogen-bond donors (Lipinski definition) is 0. The van der Waals surface area contributed by atoms with E-state index >= 15 is 0 Å². The van der Waals surface area contributed by atoms with Crippen LogP contribution < -0.4 is 4.90 Å². The first kappa shape index (κ1) is 20.0. The first-order chi connectivity index (χ1) is 12.8. The molecule has 0 amide bonds. The number of non-ortho nitro benzene ring substituents is 1. The second kappa shape index (κ2) is 8.12. The molecule has 0 radical (unpaired) electrons. The SMILES string of the molecule is CN1CCCCC1CN1CCN(c2ccc([N+](=O)[O-])cc2S(C)(=O)=O)CC1. The molecular formula is C18H28N4O4S. The molecule has 2 saturated heterocycles. The maximum absolute atomic E-state index is 12.2. The van der Waals surface area contributed by atoms with Crippen molar-refractivity contribution in [3.8, 4) is 0 Å². The second-order valence-electron chi connectivity index (χ2n) is 7.60. The zero-order chi connectivity index (χ0) is 19.6. The van der Waals surface area contributed by atoms with Gasteiger partial charge in [-0.3, -0.25) is 15.0 Å². The molecule has 8 nitrogen and oxygen atoms in total. The van der Waals surface area contributed by atoms with Crippen LogP contribution in [0.3, 0.4) is 0 Å². The van der Waals surface area contributed by atoms with Crippen LogP contribution >= 0.6 is 0 Å². The first-order valence-corrected chi connectivity index (χ1v) is 11.3. The van der Waals surface area contributed by atoms with Crippen LogP contribution in [-0.4, -0.2) is 81.8 Å². The van der Waals surface area contributed by atoms with Crippen molar-refractivity contribution in [3.05, 3.63) is 28.3 Å². The summed E-state index contributed by atoms with van der Waals surface area (Å²) in [4.78, 5) is 17.4. The number of nitrogens with zero attached hydrogens (tertiary/aromatic N) is 4. The Hall–Kier alpha value is -1.71. The van der Waals surface area contributed by atoms with Crippen molar-refractivity contribution < 1.29 is 13.3 Å². The van der Waals surface area contributed by atoms with Gasteiger partial charge in [0.1, 0.15) is 0 Å². The van der Waals surface area contributed by atoms with E-state index < -0.39 is 14.8 Å². The van der Waals surface area contributed by atoms with E-state index in [-0.39, 0.29) is 10.6 Å². The molecule has 27 heavy (non-hydrogen) atoms. The Bertz CT molecular complexity index is 791. The average Bonchev–Trinajstić information content (AvgIpc) is 2.63. The lowest BCUT2D eigenvalue weighted by Crippen LogP contribution is -2.52. The highest BCUT2D eigenvalue weighted by molar-refractivity contribution is 7.90. The van der Waals surface area contributed by atoms with Crippen LogP contribution in [0.5, 0.6) is 0 Å². The quantitative estimate of drug-likeness (QED) is 0.552. The third-order valence-corrected chi connectivity index (χ3v) is 6.78. The topological polar surface area (TPSA) is 87.0 Å². The first-order valence-electron chi connectivity index (χ1n) is 9.42. The van der Waals surface area contributed by atoms with Crippen molar-refractivity contribution >= 4 is 21.2 Å². The summed E-state index contributed by atoms with van der Waals surface area (Å²) < 4.78 is 24.3. The molecule has 2 aliphatic heterocycles. The number of nitro groups is 1. The van der Waals surface area contributed by atoms with Crippen LogP contribution in [0.2, 0.25) is 0 Å². The van der Waals surface area contributed by atoms with Crippen molar-refractivity contribution in [2.24, 2.45) is 0 Å². The van der Waals surface area contributed by atoms with Crippen LogP contribution in [0.4, 0.5) is 11.4 Å². The summed E-state index contributed by atoms with van der Waals surface area (Å²) in [5.41, 5.74) is 0.371. The summed E-state index contributed by atoms with van der Waals surface area (Å²) in [6.07, 6.45) is 4.90. The molecule has 2 fully saturated rings. The van der Waals surface area contributed by atoms with Gasteiger partial charge in [0.05, 0.1) is 15.5 Å². The minimum atomic E-state index is -3.55. The highest BCUT2D eigenvalue weighted by Crippen LogP contribution is 2.30. The van der Waals surface area contributed by atoms with E-state index in [0.29, 0.717) is 11.7 Å². The van der Waals surface area contributed by atoms with Gasteiger partial charge in [0, 0.05) is 57.2 Å². The predicted molar refractivity (Wildman–Crippen MR) is 105 cm³/mol. The normalized spacial score (nSPS) is 22.7. The molecule has 0 saturated carbocycles. The Morgan fingerprint density at radius 1 is 1.15 bits per heavy atom. The van der Waals surface area contributed by atoms with Crippen LogP contribution in [0, 0.1) is 10.1 Å². The summed E-state index contributed by atoms with van der Waals surface area (Å²) in [5.74, 6) is 0. The molecule has 2 heterocycles. The summed E-state index contributed by atoms with van der Waals surface area (Å²) in [6.45, 7) is 5.37. The zero-order valence-electron chi connectivity index (χ0n) is 16.0. The van der Waals surface area contributed by atoms with E-state index in [4.69, 9.17) is 0 Å². The predicted octanol–water partition coefficient (Wildman–Crippen LogP) is 1.60. The van der Waals surface area contributed by atoms with E-state index in [0.717, 1.165) is 45.5 Å². The lowest BCUT2D eigenvalue weighted by molar-refractivity contribution is -0.385. The van der Waals surface area contributed by atoms with E-state index in [9.17, 15) is 18.5 Å². The molecule has 1 unspecified atom stereocenters. The van der Waals surface area contributed by atoms with Gasteiger partial charge in [-0.2, -0.15) is 0 Å². The highest BCUT2D eigenvalue weighted by Gasteiger charge is 2.27. The Balaban J connectivity index is 1.69. The molecule has 0 N–H and O–H groups in total. The number of benzene rings is 1. The molecule has 2 aliphatic rings. The Labute approximate surface area is 160 Å². The monoisotopic (exact) mass is 396 g/mol. The van der Waals surface area contributed by atoms with Crippen molar-refractivity contribution in [2.75, 3.05) is 57.5 Å². The van der Waals surface area contributed by atoms with Gasteiger partial charge in [-0.25, -0.2) is 8.42 Å². The third kappa shape index (κ3) is 4.77. The number of likely N-dealkylation sites (tertiary alicyclic amines) is 1. The molecule has 150 valence electrons. The minimum Gasteiger partial charge on any atom is -0.368 e.